The summed E-state index contributed by atoms with van der Waals surface area (Å²) in [4.78, 5) is 0. The first kappa shape index (κ1) is 16.3. The van der Waals surface area contributed by atoms with E-state index in [0.717, 1.165) is 43.4 Å². The molecule has 108 valence electrons. The summed E-state index contributed by atoms with van der Waals surface area (Å²) in [5, 5.41) is 0. The van der Waals surface area contributed by atoms with Crippen molar-refractivity contribution >= 4 is 7.37 Å². The molecule has 0 aliphatic heterocycles. The molecule has 0 amide bonds. The largest absolute Gasteiger partial charge is 0.442 e. The van der Waals surface area contributed by atoms with Crippen molar-refractivity contribution in [1.29, 1.82) is 0 Å². The second kappa shape index (κ2) is 8.43. The monoisotopic (exact) mass is 282 g/mol. The minimum atomic E-state index is -2.51. The fourth-order valence-electron chi connectivity index (χ4n) is 2.07. The molecule has 0 unspecified atom stereocenters. The first-order chi connectivity index (χ1) is 9.15. The van der Waals surface area contributed by atoms with Crippen LogP contribution >= 0.6 is 7.37 Å². The summed E-state index contributed by atoms with van der Waals surface area (Å²) in [7, 11) is -2.51. The van der Waals surface area contributed by atoms with Crippen LogP contribution in [0.3, 0.4) is 0 Å². The molecule has 0 aliphatic carbocycles. The SMILES string of the molecule is CCCCP(=O)(CCCC)Oc1ccccc1CC. The van der Waals surface area contributed by atoms with Gasteiger partial charge in [0.2, 0.25) is 7.37 Å². The molecule has 1 aromatic carbocycles. The average Bonchev–Trinajstić information content (AvgIpc) is 2.44. The summed E-state index contributed by atoms with van der Waals surface area (Å²) < 4.78 is 18.9. The molecule has 0 radical (unpaired) electrons. The van der Waals surface area contributed by atoms with Crippen molar-refractivity contribution in [3.8, 4) is 5.75 Å². The van der Waals surface area contributed by atoms with Crippen LogP contribution in [0.25, 0.3) is 0 Å². The van der Waals surface area contributed by atoms with Gasteiger partial charge in [0, 0.05) is 12.3 Å². The van der Waals surface area contributed by atoms with E-state index in [1.807, 2.05) is 18.2 Å². The molecule has 0 spiro atoms. The summed E-state index contributed by atoms with van der Waals surface area (Å²) >= 11 is 0. The lowest BCUT2D eigenvalue weighted by Crippen LogP contribution is -2.04. The van der Waals surface area contributed by atoms with Crippen molar-refractivity contribution in [1.82, 2.24) is 0 Å². The minimum absolute atomic E-state index is 0.710. The molecule has 0 heterocycles. The Hall–Kier alpha value is -0.750. The summed E-state index contributed by atoms with van der Waals surface area (Å²) in [6, 6.07) is 7.97. The van der Waals surface area contributed by atoms with Crippen LogP contribution in [0.1, 0.15) is 52.0 Å². The van der Waals surface area contributed by atoms with E-state index in [9.17, 15) is 4.57 Å². The Kier molecular flexibility index (Phi) is 7.23. The fourth-order valence-corrected chi connectivity index (χ4v) is 4.60. The van der Waals surface area contributed by atoms with Crippen LogP contribution in [0.2, 0.25) is 0 Å². The standard InChI is InChI=1S/C16H27O2P/c1-4-7-13-19(17,14-8-5-2)18-16-12-10-9-11-15(16)6-3/h9-12H,4-8,13-14H2,1-3H3. The van der Waals surface area contributed by atoms with E-state index in [0.29, 0.717) is 12.3 Å². The van der Waals surface area contributed by atoms with Gasteiger partial charge in [-0.15, -0.1) is 0 Å². The summed E-state index contributed by atoms with van der Waals surface area (Å²) in [5.41, 5.74) is 1.15. The maximum atomic E-state index is 12.9. The van der Waals surface area contributed by atoms with E-state index in [4.69, 9.17) is 4.52 Å². The van der Waals surface area contributed by atoms with Gasteiger partial charge in [0.05, 0.1) is 0 Å². The summed E-state index contributed by atoms with van der Waals surface area (Å²) in [6.45, 7) is 6.36. The van der Waals surface area contributed by atoms with E-state index in [-0.39, 0.29) is 0 Å². The second-order valence-corrected chi connectivity index (χ2v) is 7.73. The third-order valence-corrected chi connectivity index (χ3v) is 5.85. The van der Waals surface area contributed by atoms with Crippen LogP contribution < -0.4 is 4.52 Å². The van der Waals surface area contributed by atoms with Crippen LogP contribution in [0.4, 0.5) is 0 Å². The Bertz CT molecular complexity index is 403. The first-order valence-electron chi connectivity index (χ1n) is 7.50. The lowest BCUT2D eigenvalue weighted by atomic mass is 10.1. The smallest absolute Gasteiger partial charge is 0.247 e. The van der Waals surface area contributed by atoms with Crippen molar-refractivity contribution < 1.29 is 9.09 Å². The van der Waals surface area contributed by atoms with Crippen LogP contribution in [0, 0.1) is 0 Å². The van der Waals surface area contributed by atoms with E-state index in [2.05, 4.69) is 26.8 Å². The lowest BCUT2D eigenvalue weighted by molar-refractivity contribution is 0.474. The van der Waals surface area contributed by atoms with Gasteiger partial charge in [0.1, 0.15) is 5.75 Å². The zero-order chi connectivity index (χ0) is 14.1. The van der Waals surface area contributed by atoms with Gasteiger partial charge in [-0.3, -0.25) is 4.57 Å². The van der Waals surface area contributed by atoms with Crippen LogP contribution in [0.15, 0.2) is 24.3 Å². The maximum Gasteiger partial charge on any atom is 0.247 e. The van der Waals surface area contributed by atoms with Gasteiger partial charge >= 0.3 is 0 Å². The van der Waals surface area contributed by atoms with Crippen molar-refractivity contribution in [2.75, 3.05) is 12.3 Å². The quantitative estimate of drug-likeness (QED) is 0.558. The zero-order valence-corrected chi connectivity index (χ0v) is 13.4. The third kappa shape index (κ3) is 5.40. The minimum Gasteiger partial charge on any atom is -0.442 e. The summed E-state index contributed by atoms with van der Waals surface area (Å²) in [5.74, 6) is 0.820. The highest BCUT2D eigenvalue weighted by Crippen LogP contribution is 2.49. The van der Waals surface area contributed by atoms with Gasteiger partial charge in [-0.25, -0.2) is 0 Å². The lowest BCUT2D eigenvalue weighted by Gasteiger charge is -2.21. The molecule has 2 nitrogen and oxygen atoms in total. The number of aryl methyl sites for hydroxylation is 1. The average molecular weight is 282 g/mol. The summed E-state index contributed by atoms with van der Waals surface area (Å²) in [6.07, 6.45) is 6.43. The molecule has 0 N–H and O–H groups in total. The number of benzene rings is 1. The molecule has 0 saturated carbocycles. The predicted molar refractivity (Wildman–Crippen MR) is 83.6 cm³/mol. The zero-order valence-electron chi connectivity index (χ0n) is 12.5. The van der Waals surface area contributed by atoms with Gasteiger partial charge in [0.15, 0.2) is 0 Å². The fraction of sp³-hybridized carbons (Fsp3) is 0.625. The van der Waals surface area contributed by atoms with Gasteiger partial charge in [-0.2, -0.15) is 0 Å². The molecule has 0 bridgehead atoms. The van der Waals surface area contributed by atoms with Crippen molar-refractivity contribution in [2.45, 2.75) is 52.9 Å². The topological polar surface area (TPSA) is 26.3 Å². The van der Waals surface area contributed by atoms with E-state index < -0.39 is 7.37 Å². The number of para-hydroxylation sites is 1. The molecular weight excluding hydrogens is 255 g/mol. The highest BCUT2D eigenvalue weighted by molar-refractivity contribution is 7.59. The molecule has 3 heteroatoms. The number of rotatable bonds is 9. The highest BCUT2D eigenvalue weighted by Gasteiger charge is 2.24. The number of hydrogen-bond acceptors (Lipinski definition) is 2. The molecule has 19 heavy (non-hydrogen) atoms. The van der Waals surface area contributed by atoms with Crippen molar-refractivity contribution in [3.05, 3.63) is 29.8 Å². The highest BCUT2D eigenvalue weighted by atomic mass is 31.2. The maximum absolute atomic E-state index is 12.9. The molecular formula is C16H27O2P. The van der Waals surface area contributed by atoms with Crippen LogP contribution in [-0.4, -0.2) is 12.3 Å². The van der Waals surface area contributed by atoms with Crippen LogP contribution in [-0.2, 0) is 11.0 Å². The molecule has 0 aromatic heterocycles. The van der Waals surface area contributed by atoms with Crippen LogP contribution in [0.5, 0.6) is 5.75 Å². The normalized spacial score (nSPS) is 11.5. The molecule has 0 aliphatic rings. The predicted octanol–water partition coefficient (Wildman–Crippen LogP) is 5.51. The van der Waals surface area contributed by atoms with E-state index in [1.165, 1.54) is 0 Å². The molecule has 1 rings (SSSR count). The van der Waals surface area contributed by atoms with Crippen molar-refractivity contribution in [2.24, 2.45) is 0 Å². The van der Waals surface area contributed by atoms with Crippen molar-refractivity contribution in [3.63, 3.8) is 0 Å². The number of unbranched alkanes of at least 4 members (excludes halogenated alkanes) is 2. The molecule has 0 atom stereocenters. The van der Waals surface area contributed by atoms with E-state index >= 15 is 0 Å². The number of hydrogen-bond donors (Lipinski definition) is 0. The van der Waals surface area contributed by atoms with Gasteiger partial charge in [-0.05, 0) is 30.9 Å². The Morgan fingerprint density at radius 3 is 2.11 bits per heavy atom. The van der Waals surface area contributed by atoms with Gasteiger partial charge in [-0.1, -0.05) is 51.8 Å². The Balaban J connectivity index is 2.83. The Morgan fingerprint density at radius 1 is 1.00 bits per heavy atom. The molecule has 0 fully saturated rings. The Labute approximate surface area is 118 Å². The van der Waals surface area contributed by atoms with Gasteiger partial charge in [0.25, 0.3) is 0 Å². The Morgan fingerprint density at radius 2 is 1.58 bits per heavy atom. The molecule has 1 aromatic rings. The third-order valence-electron chi connectivity index (χ3n) is 3.32. The molecule has 0 saturated heterocycles. The first-order valence-corrected chi connectivity index (χ1v) is 9.50. The second-order valence-electron chi connectivity index (χ2n) is 5.02. The van der Waals surface area contributed by atoms with Gasteiger partial charge < -0.3 is 4.52 Å². The van der Waals surface area contributed by atoms with E-state index in [1.54, 1.807) is 0 Å².